The van der Waals surface area contributed by atoms with E-state index in [9.17, 15) is 4.39 Å². The Kier molecular flexibility index (Phi) is 7.48. The summed E-state index contributed by atoms with van der Waals surface area (Å²) in [7, 11) is 1.68. The molecule has 0 saturated carbocycles. The summed E-state index contributed by atoms with van der Waals surface area (Å²) in [6, 6.07) is 14.7. The molecule has 30 heavy (non-hydrogen) atoms. The van der Waals surface area contributed by atoms with Gasteiger partial charge in [-0.05, 0) is 55.3 Å². The first-order chi connectivity index (χ1) is 14.5. The van der Waals surface area contributed by atoms with Crippen molar-refractivity contribution in [3.05, 3.63) is 59.4 Å². The van der Waals surface area contributed by atoms with Gasteiger partial charge in [0.1, 0.15) is 11.9 Å². The van der Waals surface area contributed by atoms with Crippen molar-refractivity contribution in [1.82, 2.24) is 0 Å². The number of nitrogens with zero attached hydrogens (tertiary/aromatic N) is 2. The van der Waals surface area contributed by atoms with Crippen LogP contribution in [-0.2, 0) is 19.9 Å². The number of ether oxygens (including phenoxy) is 2. The van der Waals surface area contributed by atoms with Gasteiger partial charge in [-0.2, -0.15) is 5.26 Å². The number of hydrogen-bond acceptors (Lipinski definition) is 6. The SMILES string of the molecule is CO[C@]1(c2cc(F)cc(Sc3ccc(/C(C)=N/OCC#N)cc3)c2)CCO[C@@H](C)C1. The van der Waals surface area contributed by atoms with Crippen molar-refractivity contribution >= 4 is 17.5 Å². The average Bonchev–Trinajstić information content (AvgIpc) is 2.74. The minimum absolute atomic E-state index is 0.0626. The summed E-state index contributed by atoms with van der Waals surface area (Å²) < 4.78 is 26.0. The molecule has 1 heterocycles. The van der Waals surface area contributed by atoms with E-state index in [0.717, 1.165) is 20.9 Å². The Balaban J connectivity index is 1.79. The monoisotopic (exact) mass is 428 g/mol. The molecule has 0 spiro atoms. The van der Waals surface area contributed by atoms with Crippen LogP contribution < -0.4 is 0 Å². The van der Waals surface area contributed by atoms with Gasteiger partial charge in [0.25, 0.3) is 0 Å². The fraction of sp³-hybridized carbons (Fsp3) is 0.391. The van der Waals surface area contributed by atoms with Crippen LogP contribution in [0.25, 0.3) is 0 Å². The summed E-state index contributed by atoms with van der Waals surface area (Å²) in [4.78, 5) is 6.69. The molecule has 0 N–H and O–H groups in total. The van der Waals surface area contributed by atoms with Gasteiger partial charge in [0.2, 0.25) is 6.61 Å². The topological polar surface area (TPSA) is 63.8 Å². The number of methoxy groups -OCH3 is 1. The van der Waals surface area contributed by atoms with E-state index in [2.05, 4.69) is 5.16 Å². The molecule has 3 rings (SSSR count). The summed E-state index contributed by atoms with van der Waals surface area (Å²) in [6.07, 6.45) is 1.45. The Morgan fingerprint density at radius 1 is 1.30 bits per heavy atom. The Labute approximate surface area is 180 Å². The van der Waals surface area contributed by atoms with Crippen molar-refractivity contribution in [3.63, 3.8) is 0 Å². The van der Waals surface area contributed by atoms with E-state index in [1.54, 1.807) is 13.2 Å². The molecule has 0 unspecified atom stereocenters. The summed E-state index contributed by atoms with van der Waals surface area (Å²) in [6.45, 7) is 4.34. The molecule has 1 fully saturated rings. The first-order valence-electron chi connectivity index (χ1n) is 9.75. The van der Waals surface area contributed by atoms with Gasteiger partial charge in [-0.3, -0.25) is 0 Å². The van der Waals surface area contributed by atoms with Crippen LogP contribution in [0.2, 0.25) is 0 Å². The molecule has 1 saturated heterocycles. The van der Waals surface area contributed by atoms with E-state index in [-0.39, 0.29) is 18.5 Å². The molecule has 0 bridgehead atoms. The van der Waals surface area contributed by atoms with Crippen LogP contribution >= 0.6 is 11.8 Å². The average molecular weight is 429 g/mol. The fourth-order valence-electron chi connectivity index (χ4n) is 3.61. The minimum Gasteiger partial charge on any atom is -0.380 e. The molecule has 0 aliphatic carbocycles. The lowest BCUT2D eigenvalue weighted by Gasteiger charge is -2.39. The minimum atomic E-state index is -0.532. The molecule has 7 heteroatoms. The van der Waals surface area contributed by atoms with Crippen LogP contribution in [0.15, 0.2) is 57.4 Å². The number of benzene rings is 2. The van der Waals surface area contributed by atoms with Crippen LogP contribution in [-0.4, -0.2) is 32.1 Å². The zero-order valence-corrected chi connectivity index (χ0v) is 18.2. The zero-order chi connectivity index (χ0) is 21.6. The third-order valence-electron chi connectivity index (χ3n) is 5.15. The Morgan fingerprint density at radius 2 is 2.07 bits per heavy atom. The van der Waals surface area contributed by atoms with E-state index in [1.165, 1.54) is 17.8 Å². The Hall–Kier alpha value is -2.40. The van der Waals surface area contributed by atoms with Gasteiger partial charge < -0.3 is 14.3 Å². The largest absolute Gasteiger partial charge is 0.380 e. The van der Waals surface area contributed by atoms with Crippen LogP contribution in [0.1, 0.15) is 37.8 Å². The first kappa shape index (κ1) is 22.3. The zero-order valence-electron chi connectivity index (χ0n) is 17.4. The first-order valence-corrected chi connectivity index (χ1v) is 10.6. The van der Waals surface area contributed by atoms with E-state index >= 15 is 0 Å². The predicted octanol–water partition coefficient (Wildman–Crippen LogP) is 5.28. The summed E-state index contributed by atoms with van der Waals surface area (Å²) in [5, 5.41) is 12.4. The molecule has 2 aromatic carbocycles. The number of oxime groups is 1. The molecular formula is C23H25FN2O3S. The van der Waals surface area contributed by atoms with Gasteiger partial charge in [0.15, 0.2) is 0 Å². The normalized spacial score (nSPS) is 21.8. The van der Waals surface area contributed by atoms with Gasteiger partial charge in [-0.15, -0.1) is 0 Å². The van der Waals surface area contributed by atoms with Crippen molar-refractivity contribution in [2.75, 3.05) is 20.3 Å². The van der Waals surface area contributed by atoms with Crippen LogP contribution in [0.5, 0.6) is 0 Å². The van der Waals surface area contributed by atoms with Gasteiger partial charge in [0.05, 0.1) is 24.0 Å². The van der Waals surface area contributed by atoms with E-state index in [4.69, 9.17) is 19.6 Å². The maximum atomic E-state index is 14.5. The summed E-state index contributed by atoms with van der Waals surface area (Å²) in [5.74, 6) is -0.278. The number of rotatable bonds is 7. The molecule has 5 nitrogen and oxygen atoms in total. The Bertz CT molecular complexity index is 942. The summed E-state index contributed by atoms with van der Waals surface area (Å²) >= 11 is 1.49. The molecular weight excluding hydrogens is 403 g/mol. The van der Waals surface area contributed by atoms with Crippen LogP contribution in [0, 0.1) is 17.1 Å². The maximum Gasteiger partial charge on any atom is 0.202 e. The highest BCUT2D eigenvalue weighted by atomic mass is 32.2. The quantitative estimate of drug-likeness (QED) is 0.341. The van der Waals surface area contributed by atoms with Gasteiger partial charge in [0, 0.05) is 29.7 Å². The third-order valence-corrected chi connectivity index (χ3v) is 6.13. The number of nitriles is 1. The van der Waals surface area contributed by atoms with Gasteiger partial charge in [-0.25, -0.2) is 4.39 Å². The third kappa shape index (κ3) is 5.39. The van der Waals surface area contributed by atoms with Gasteiger partial charge in [-0.1, -0.05) is 29.1 Å². The molecule has 0 amide bonds. The highest BCUT2D eigenvalue weighted by molar-refractivity contribution is 7.99. The van der Waals surface area contributed by atoms with E-state index in [1.807, 2.05) is 50.2 Å². The van der Waals surface area contributed by atoms with Crippen molar-refractivity contribution in [2.45, 2.75) is 48.2 Å². The van der Waals surface area contributed by atoms with Crippen LogP contribution in [0.3, 0.4) is 0 Å². The highest BCUT2D eigenvalue weighted by Gasteiger charge is 2.38. The molecule has 0 aromatic heterocycles. The van der Waals surface area contributed by atoms with Gasteiger partial charge >= 0.3 is 0 Å². The fourth-order valence-corrected chi connectivity index (χ4v) is 4.51. The standard InChI is InChI=1S/C23H25FN2O3S/c1-16-15-23(27-3,8-10-28-16)19-12-20(24)14-22(13-19)30-21-6-4-18(5-7-21)17(2)26-29-11-9-25/h4-7,12-14,16H,8,10-11,15H2,1-3H3/b26-17+/t16-,23+/m0/s1. The number of hydrogen-bond donors (Lipinski definition) is 0. The van der Waals surface area contributed by atoms with E-state index < -0.39 is 5.60 Å². The summed E-state index contributed by atoms with van der Waals surface area (Å²) in [5.41, 5.74) is 1.89. The van der Waals surface area contributed by atoms with Crippen molar-refractivity contribution < 1.29 is 18.7 Å². The van der Waals surface area contributed by atoms with Crippen molar-refractivity contribution in [1.29, 1.82) is 5.26 Å². The smallest absolute Gasteiger partial charge is 0.202 e. The second-order valence-electron chi connectivity index (χ2n) is 7.24. The van der Waals surface area contributed by atoms with Crippen molar-refractivity contribution in [2.24, 2.45) is 5.16 Å². The molecule has 0 radical (unpaired) electrons. The lowest BCUT2D eigenvalue weighted by atomic mass is 9.83. The second-order valence-corrected chi connectivity index (χ2v) is 8.39. The molecule has 1 aliphatic heterocycles. The Morgan fingerprint density at radius 3 is 2.73 bits per heavy atom. The number of halogens is 1. The molecule has 1 aliphatic rings. The van der Waals surface area contributed by atoms with Crippen LogP contribution in [0.4, 0.5) is 4.39 Å². The lowest BCUT2D eigenvalue weighted by molar-refractivity contribution is -0.122. The van der Waals surface area contributed by atoms with Crippen molar-refractivity contribution in [3.8, 4) is 6.07 Å². The predicted molar refractivity (Wildman–Crippen MR) is 114 cm³/mol. The molecule has 2 atom stereocenters. The second kappa shape index (κ2) is 10.1. The molecule has 158 valence electrons. The van der Waals surface area contributed by atoms with E-state index in [0.29, 0.717) is 25.2 Å². The highest BCUT2D eigenvalue weighted by Crippen LogP contribution is 2.40. The lowest BCUT2D eigenvalue weighted by Crippen LogP contribution is -2.39. The molecule has 2 aromatic rings. The maximum absolute atomic E-state index is 14.5.